The SMILES string of the molecule is COc1cc2ncnc(N3CC(C(=O)N4CCOCC4)C3)c2cc1OC. The van der Waals surface area contributed by atoms with Gasteiger partial charge in [0, 0.05) is 37.6 Å². The highest BCUT2D eigenvalue weighted by molar-refractivity contribution is 5.93. The Balaban J connectivity index is 1.54. The number of benzene rings is 1. The first kappa shape index (κ1) is 16.8. The van der Waals surface area contributed by atoms with Gasteiger partial charge in [-0.05, 0) is 6.07 Å². The fourth-order valence-corrected chi connectivity index (χ4v) is 3.47. The summed E-state index contributed by atoms with van der Waals surface area (Å²) >= 11 is 0. The van der Waals surface area contributed by atoms with Crippen molar-refractivity contribution >= 4 is 22.6 Å². The number of hydrogen-bond donors (Lipinski definition) is 0. The number of carbonyl (C=O) groups excluding carboxylic acids is 1. The minimum atomic E-state index is 0.0123. The lowest BCUT2D eigenvalue weighted by molar-refractivity contribution is -0.140. The van der Waals surface area contributed by atoms with Crippen LogP contribution >= 0.6 is 0 Å². The first-order chi connectivity index (χ1) is 12.7. The monoisotopic (exact) mass is 358 g/mol. The van der Waals surface area contributed by atoms with E-state index in [2.05, 4.69) is 14.9 Å². The van der Waals surface area contributed by atoms with Crippen molar-refractivity contribution < 1.29 is 19.0 Å². The number of rotatable bonds is 4. The molecule has 26 heavy (non-hydrogen) atoms. The molecule has 2 fully saturated rings. The first-order valence-electron chi connectivity index (χ1n) is 8.69. The molecule has 0 saturated carbocycles. The van der Waals surface area contributed by atoms with Crippen LogP contribution in [0.5, 0.6) is 11.5 Å². The third kappa shape index (κ3) is 2.90. The van der Waals surface area contributed by atoms with E-state index < -0.39 is 0 Å². The minimum Gasteiger partial charge on any atom is -0.493 e. The lowest BCUT2D eigenvalue weighted by atomic mass is 9.97. The Hall–Kier alpha value is -2.61. The molecular weight excluding hydrogens is 336 g/mol. The zero-order valence-electron chi connectivity index (χ0n) is 15.0. The summed E-state index contributed by atoms with van der Waals surface area (Å²) in [6.45, 7) is 3.94. The molecule has 0 atom stereocenters. The number of aromatic nitrogens is 2. The molecule has 0 bridgehead atoms. The Bertz CT molecular complexity index is 816. The van der Waals surface area contributed by atoms with Gasteiger partial charge in [0.1, 0.15) is 12.1 Å². The van der Waals surface area contributed by atoms with E-state index in [1.807, 2.05) is 17.0 Å². The summed E-state index contributed by atoms with van der Waals surface area (Å²) in [7, 11) is 3.21. The van der Waals surface area contributed by atoms with Crippen LogP contribution in [0.3, 0.4) is 0 Å². The van der Waals surface area contributed by atoms with Gasteiger partial charge in [-0.2, -0.15) is 0 Å². The van der Waals surface area contributed by atoms with Gasteiger partial charge < -0.3 is 24.0 Å². The van der Waals surface area contributed by atoms with Crippen molar-refractivity contribution in [2.75, 3.05) is 58.5 Å². The molecule has 0 unspecified atom stereocenters. The van der Waals surface area contributed by atoms with Gasteiger partial charge in [-0.1, -0.05) is 0 Å². The molecule has 1 aromatic carbocycles. The zero-order chi connectivity index (χ0) is 18.1. The second-order valence-electron chi connectivity index (χ2n) is 6.46. The normalized spacial score (nSPS) is 17.9. The van der Waals surface area contributed by atoms with Crippen LogP contribution in [0, 0.1) is 5.92 Å². The summed E-state index contributed by atoms with van der Waals surface area (Å²) < 4.78 is 16.1. The summed E-state index contributed by atoms with van der Waals surface area (Å²) in [4.78, 5) is 25.4. The Morgan fingerprint density at radius 2 is 1.81 bits per heavy atom. The van der Waals surface area contributed by atoms with Crippen molar-refractivity contribution in [1.82, 2.24) is 14.9 Å². The Labute approximate surface area is 151 Å². The van der Waals surface area contributed by atoms with Gasteiger partial charge in [-0.15, -0.1) is 0 Å². The van der Waals surface area contributed by atoms with Gasteiger partial charge in [0.2, 0.25) is 5.91 Å². The molecule has 0 radical (unpaired) electrons. The molecular formula is C18H22N4O4. The third-order valence-electron chi connectivity index (χ3n) is 4.97. The molecule has 2 aliphatic heterocycles. The van der Waals surface area contributed by atoms with E-state index >= 15 is 0 Å². The van der Waals surface area contributed by atoms with E-state index in [1.54, 1.807) is 20.5 Å². The highest BCUT2D eigenvalue weighted by Gasteiger charge is 2.37. The molecule has 2 aliphatic rings. The van der Waals surface area contributed by atoms with Gasteiger partial charge in [0.05, 0.1) is 38.9 Å². The van der Waals surface area contributed by atoms with E-state index in [0.29, 0.717) is 50.9 Å². The van der Waals surface area contributed by atoms with Gasteiger partial charge in [-0.3, -0.25) is 4.79 Å². The van der Waals surface area contributed by atoms with E-state index in [1.165, 1.54) is 0 Å². The number of anilines is 1. The van der Waals surface area contributed by atoms with Crippen molar-refractivity contribution in [3.63, 3.8) is 0 Å². The van der Waals surface area contributed by atoms with Crippen molar-refractivity contribution in [2.24, 2.45) is 5.92 Å². The quantitative estimate of drug-likeness (QED) is 0.805. The Kier molecular flexibility index (Phi) is 4.50. The zero-order valence-corrected chi connectivity index (χ0v) is 15.0. The fraction of sp³-hybridized carbons (Fsp3) is 0.500. The summed E-state index contributed by atoms with van der Waals surface area (Å²) in [6.07, 6.45) is 1.54. The molecule has 8 heteroatoms. The summed E-state index contributed by atoms with van der Waals surface area (Å²) in [6, 6.07) is 3.73. The molecule has 2 saturated heterocycles. The predicted octanol–water partition coefficient (Wildman–Crippen LogP) is 0.942. The molecule has 138 valence electrons. The van der Waals surface area contributed by atoms with Gasteiger partial charge in [0.15, 0.2) is 11.5 Å². The predicted molar refractivity (Wildman–Crippen MR) is 95.7 cm³/mol. The molecule has 0 N–H and O–H groups in total. The maximum Gasteiger partial charge on any atom is 0.229 e. The molecule has 2 aromatic rings. The van der Waals surface area contributed by atoms with Crippen molar-refractivity contribution in [1.29, 1.82) is 0 Å². The number of ether oxygens (including phenoxy) is 3. The standard InChI is InChI=1S/C18H22N4O4/c1-24-15-7-13-14(8-16(15)25-2)19-11-20-17(13)22-9-12(10-22)18(23)21-3-5-26-6-4-21/h7-8,11-12H,3-6,9-10H2,1-2H3. The number of methoxy groups -OCH3 is 2. The van der Waals surface area contributed by atoms with Crippen LogP contribution < -0.4 is 14.4 Å². The van der Waals surface area contributed by atoms with Crippen LogP contribution in [0.15, 0.2) is 18.5 Å². The lowest BCUT2D eigenvalue weighted by Crippen LogP contribution is -2.56. The fourth-order valence-electron chi connectivity index (χ4n) is 3.47. The molecule has 0 aliphatic carbocycles. The minimum absolute atomic E-state index is 0.0123. The second-order valence-corrected chi connectivity index (χ2v) is 6.46. The number of nitrogens with zero attached hydrogens (tertiary/aromatic N) is 4. The number of hydrogen-bond acceptors (Lipinski definition) is 7. The van der Waals surface area contributed by atoms with Crippen LogP contribution in [0.25, 0.3) is 10.9 Å². The number of morpholine rings is 1. The lowest BCUT2D eigenvalue weighted by Gasteiger charge is -2.42. The first-order valence-corrected chi connectivity index (χ1v) is 8.69. The van der Waals surface area contributed by atoms with E-state index in [4.69, 9.17) is 14.2 Å². The molecule has 1 amide bonds. The molecule has 1 aromatic heterocycles. The van der Waals surface area contributed by atoms with Crippen molar-refractivity contribution in [3.8, 4) is 11.5 Å². The van der Waals surface area contributed by atoms with Crippen LogP contribution in [0.2, 0.25) is 0 Å². The van der Waals surface area contributed by atoms with Crippen LogP contribution in [0.1, 0.15) is 0 Å². The van der Waals surface area contributed by atoms with Crippen LogP contribution in [0.4, 0.5) is 5.82 Å². The average Bonchev–Trinajstić information content (AvgIpc) is 2.66. The Morgan fingerprint density at radius 3 is 2.50 bits per heavy atom. The highest BCUT2D eigenvalue weighted by atomic mass is 16.5. The van der Waals surface area contributed by atoms with Gasteiger partial charge in [-0.25, -0.2) is 9.97 Å². The maximum absolute atomic E-state index is 12.6. The Morgan fingerprint density at radius 1 is 1.12 bits per heavy atom. The third-order valence-corrected chi connectivity index (χ3v) is 4.97. The van der Waals surface area contributed by atoms with Gasteiger partial charge >= 0.3 is 0 Å². The number of carbonyl (C=O) groups is 1. The number of fused-ring (bicyclic) bond motifs is 1. The highest BCUT2D eigenvalue weighted by Crippen LogP contribution is 2.36. The smallest absolute Gasteiger partial charge is 0.229 e. The van der Waals surface area contributed by atoms with Crippen LogP contribution in [-0.4, -0.2) is 74.4 Å². The number of amides is 1. The molecule has 0 spiro atoms. The summed E-state index contributed by atoms with van der Waals surface area (Å²) in [5, 5.41) is 0.891. The average molecular weight is 358 g/mol. The second kappa shape index (κ2) is 6.95. The summed E-state index contributed by atoms with van der Waals surface area (Å²) in [5.41, 5.74) is 0.788. The summed E-state index contributed by atoms with van der Waals surface area (Å²) in [5.74, 6) is 2.31. The van der Waals surface area contributed by atoms with E-state index in [0.717, 1.165) is 16.7 Å². The largest absolute Gasteiger partial charge is 0.493 e. The van der Waals surface area contributed by atoms with Crippen LogP contribution in [-0.2, 0) is 9.53 Å². The van der Waals surface area contributed by atoms with Crippen molar-refractivity contribution in [3.05, 3.63) is 18.5 Å². The van der Waals surface area contributed by atoms with Crippen molar-refractivity contribution in [2.45, 2.75) is 0 Å². The molecule has 3 heterocycles. The topological polar surface area (TPSA) is 77.0 Å². The molecule has 8 nitrogen and oxygen atoms in total. The van der Waals surface area contributed by atoms with E-state index in [-0.39, 0.29) is 11.8 Å². The van der Waals surface area contributed by atoms with Gasteiger partial charge in [0.25, 0.3) is 0 Å². The molecule has 4 rings (SSSR count). The van der Waals surface area contributed by atoms with E-state index in [9.17, 15) is 4.79 Å². The maximum atomic E-state index is 12.6.